The summed E-state index contributed by atoms with van der Waals surface area (Å²) in [6.07, 6.45) is 0. The maximum atomic E-state index is 11.0. The minimum Gasteiger partial charge on any atom is -0.496 e. The van der Waals surface area contributed by atoms with E-state index in [1.807, 2.05) is 57.2 Å². The number of aliphatic hydroxyl groups is 1. The van der Waals surface area contributed by atoms with E-state index in [4.69, 9.17) is 4.74 Å². The molecule has 0 aliphatic heterocycles. The second kappa shape index (κ2) is 5.58. The highest BCUT2D eigenvalue weighted by atomic mass is 79.9. The monoisotopic (exact) mass is 334 g/mol. The Kier molecular flexibility index (Phi) is 4.21. The zero-order chi connectivity index (χ0) is 14.9. The van der Waals surface area contributed by atoms with Gasteiger partial charge in [-0.15, -0.1) is 0 Å². The number of benzene rings is 2. The Morgan fingerprint density at radius 1 is 1.10 bits per heavy atom. The van der Waals surface area contributed by atoms with Crippen molar-refractivity contribution in [3.8, 4) is 5.75 Å². The first kappa shape index (κ1) is 15.1. The molecule has 0 bridgehead atoms. The molecular weight excluding hydrogens is 316 g/mol. The first-order valence-electron chi connectivity index (χ1n) is 6.50. The lowest BCUT2D eigenvalue weighted by Crippen LogP contribution is -2.24. The van der Waals surface area contributed by atoms with Crippen LogP contribution in [0.15, 0.2) is 40.9 Å². The van der Waals surface area contributed by atoms with Crippen molar-refractivity contribution in [1.82, 2.24) is 0 Å². The number of ether oxygens (including phenoxy) is 1. The van der Waals surface area contributed by atoms with Gasteiger partial charge >= 0.3 is 0 Å². The standard InChI is InChI=1S/C17H19BrO2/c1-11-9-16(20-4)12(2)8-15(11)17(3,19)13-6-5-7-14(18)10-13/h5-10,19H,1-4H3. The van der Waals surface area contributed by atoms with Gasteiger partial charge in [-0.1, -0.05) is 28.1 Å². The minimum absolute atomic E-state index is 0.844. The molecule has 0 amide bonds. The molecule has 0 aliphatic rings. The van der Waals surface area contributed by atoms with Crippen molar-refractivity contribution in [3.05, 3.63) is 63.1 Å². The molecule has 2 rings (SSSR count). The van der Waals surface area contributed by atoms with Crippen molar-refractivity contribution in [1.29, 1.82) is 0 Å². The molecule has 20 heavy (non-hydrogen) atoms. The van der Waals surface area contributed by atoms with Crippen molar-refractivity contribution in [2.24, 2.45) is 0 Å². The van der Waals surface area contributed by atoms with Gasteiger partial charge in [0, 0.05) is 4.47 Å². The summed E-state index contributed by atoms with van der Waals surface area (Å²) in [6, 6.07) is 11.7. The molecule has 0 spiro atoms. The van der Waals surface area contributed by atoms with Crippen molar-refractivity contribution >= 4 is 15.9 Å². The summed E-state index contributed by atoms with van der Waals surface area (Å²) in [5.41, 5.74) is 2.75. The fraction of sp³-hybridized carbons (Fsp3) is 0.294. The van der Waals surface area contributed by atoms with Crippen molar-refractivity contribution in [2.75, 3.05) is 7.11 Å². The van der Waals surface area contributed by atoms with E-state index < -0.39 is 5.60 Å². The Balaban J connectivity index is 2.57. The molecule has 0 aliphatic carbocycles. The van der Waals surface area contributed by atoms with Crippen LogP contribution >= 0.6 is 15.9 Å². The molecule has 0 radical (unpaired) electrons. The SMILES string of the molecule is COc1cc(C)c(C(C)(O)c2cccc(Br)c2)cc1C. The van der Waals surface area contributed by atoms with Crippen LogP contribution in [-0.2, 0) is 5.60 Å². The fourth-order valence-electron chi connectivity index (χ4n) is 2.48. The molecule has 2 aromatic carbocycles. The lowest BCUT2D eigenvalue weighted by atomic mass is 9.84. The number of hydrogen-bond donors (Lipinski definition) is 1. The summed E-state index contributed by atoms with van der Waals surface area (Å²) >= 11 is 3.45. The van der Waals surface area contributed by atoms with Gasteiger partial charge < -0.3 is 9.84 Å². The van der Waals surface area contributed by atoms with Crippen molar-refractivity contribution < 1.29 is 9.84 Å². The zero-order valence-electron chi connectivity index (χ0n) is 12.2. The van der Waals surface area contributed by atoms with Gasteiger partial charge in [0.1, 0.15) is 11.4 Å². The number of hydrogen-bond acceptors (Lipinski definition) is 2. The third-order valence-corrected chi connectivity index (χ3v) is 4.15. The minimum atomic E-state index is -1.04. The first-order chi connectivity index (χ1) is 9.36. The summed E-state index contributed by atoms with van der Waals surface area (Å²) < 4.78 is 6.29. The molecule has 1 N–H and O–H groups in total. The molecule has 1 unspecified atom stereocenters. The number of aryl methyl sites for hydroxylation is 2. The molecule has 0 heterocycles. The van der Waals surface area contributed by atoms with Crippen LogP contribution in [-0.4, -0.2) is 12.2 Å². The summed E-state index contributed by atoms with van der Waals surface area (Å²) in [7, 11) is 1.66. The Labute approximate surface area is 128 Å². The summed E-state index contributed by atoms with van der Waals surface area (Å²) in [5.74, 6) is 0.844. The van der Waals surface area contributed by atoms with Crippen molar-refractivity contribution in [3.63, 3.8) is 0 Å². The molecule has 0 aromatic heterocycles. The van der Waals surface area contributed by atoms with E-state index in [0.717, 1.165) is 32.5 Å². The van der Waals surface area contributed by atoms with Gasteiger partial charge in [0.2, 0.25) is 0 Å². The second-order valence-corrected chi connectivity index (χ2v) is 6.13. The number of methoxy groups -OCH3 is 1. The molecule has 2 aromatic rings. The molecule has 106 valence electrons. The molecular formula is C17H19BrO2. The van der Waals surface area contributed by atoms with Crippen LogP contribution in [0.5, 0.6) is 5.75 Å². The van der Waals surface area contributed by atoms with Crippen LogP contribution in [0.4, 0.5) is 0 Å². The van der Waals surface area contributed by atoms with Crippen LogP contribution in [0.1, 0.15) is 29.2 Å². The number of rotatable bonds is 3. The average molecular weight is 335 g/mol. The van der Waals surface area contributed by atoms with E-state index >= 15 is 0 Å². The van der Waals surface area contributed by atoms with Crippen LogP contribution in [0.25, 0.3) is 0 Å². The van der Waals surface area contributed by atoms with Crippen LogP contribution < -0.4 is 4.74 Å². The smallest absolute Gasteiger partial charge is 0.122 e. The molecule has 0 saturated carbocycles. The van der Waals surface area contributed by atoms with E-state index in [2.05, 4.69) is 15.9 Å². The first-order valence-corrected chi connectivity index (χ1v) is 7.29. The fourth-order valence-corrected chi connectivity index (χ4v) is 2.88. The van der Waals surface area contributed by atoms with Gasteiger partial charge in [-0.2, -0.15) is 0 Å². The maximum absolute atomic E-state index is 11.0. The van der Waals surface area contributed by atoms with E-state index in [1.165, 1.54) is 0 Å². The predicted molar refractivity (Wildman–Crippen MR) is 85.3 cm³/mol. The van der Waals surface area contributed by atoms with E-state index in [1.54, 1.807) is 7.11 Å². The highest BCUT2D eigenvalue weighted by molar-refractivity contribution is 9.10. The van der Waals surface area contributed by atoms with Crippen LogP contribution in [0.3, 0.4) is 0 Å². The molecule has 2 nitrogen and oxygen atoms in total. The maximum Gasteiger partial charge on any atom is 0.122 e. The molecule has 3 heteroatoms. The Bertz CT molecular complexity index is 633. The zero-order valence-corrected chi connectivity index (χ0v) is 13.8. The molecule has 0 fully saturated rings. The Hall–Kier alpha value is -1.32. The highest BCUT2D eigenvalue weighted by Gasteiger charge is 2.28. The van der Waals surface area contributed by atoms with Gasteiger partial charge in [0.15, 0.2) is 0 Å². The third kappa shape index (κ3) is 2.74. The topological polar surface area (TPSA) is 29.5 Å². The Morgan fingerprint density at radius 2 is 1.80 bits per heavy atom. The van der Waals surface area contributed by atoms with Gasteiger partial charge in [0.05, 0.1) is 7.11 Å². The third-order valence-electron chi connectivity index (χ3n) is 3.65. The van der Waals surface area contributed by atoms with Gasteiger partial charge in [-0.25, -0.2) is 0 Å². The second-order valence-electron chi connectivity index (χ2n) is 5.22. The normalized spacial score (nSPS) is 13.9. The van der Waals surface area contributed by atoms with Crippen molar-refractivity contribution in [2.45, 2.75) is 26.4 Å². The average Bonchev–Trinajstić information content (AvgIpc) is 2.40. The van der Waals surface area contributed by atoms with E-state index in [0.29, 0.717) is 0 Å². The van der Waals surface area contributed by atoms with Gasteiger partial charge in [-0.05, 0) is 67.3 Å². The summed E-state index contributed by atoms with van der Waals surface area (Å²) in [4.78, 5) is 0. The highest BCUT2D eigenvalue weighted by Crippen LogP contribution is 2.35. The Morgan fingerprint density at radius 3 is 2.40 bits per heavy atom. The lowest BCUT2D eigenvalue weighted by molar-refractivity contribution is 0.101. The van der Waals surface area contributed by atoms with Gasteiger partial charge in [0.25, 0.3) is 0 Å². The van der Waals surface area contributed by atoms with Gasteiger partial charge in [-0.3, -0.25) is 0 Å². The van der Waals surface area contributed by atoms with E-state index in [9.17, 15) is 5.11 Å². The van der Waals surface area contributed by atoms with Crippen LogP contribution in [0, 0.1) is 13.8 Å². The molecule has 0 saturated heterocycles. The number of halogens is 1. The van der Waals surface area contributed by atoms with E-state index in [-0.39, 0.29) is 0 Å². The summed E-state index contributed by atoms with van der Waals surface area (Å²) in [6.45, 7) is 5.80. The predicted octanol–water partition coefficient (Wildman–Crippen LogP) is 4.33. The summed E-state index contributed by atoms with van der Waals surface area (Å²) in [5, 5.41) is 11.0. The molecule has 1 atom stereocenters. The largest absolute Gasteiger partial charge is 0.496 e. The quantitative estimate of drug-likeness (QED) is 0.905. The lowest BCUT2D eigenvalue weighted by Gasteiger charge is -2.27. The van der Waals surface area contributed by atoms with Crippen LogP contribution in [0.2, 0.25) is 0 Å².